The Bertz CT molecular complexity index is 298. The van der Waals surface area contributed by atoms with Crippen molar-refractivity contribution in [3.8, 4) is 0 Å². The van der Waals surface area contributed by atoms with Gasteiger partial charge in [-0.05, 0) is 51.0 Å². The van der Waals surface area contributed by atoms with Crippen molar-refractivity contribution < 1.29 is 9.90 Å². The van der Waals surface area contributed by atoms with E-state index in [0.29, 0.717) is 6.54 Å². The van der Waals surface area contributed by atoms with Crippen LogP contribution in [0.1, 0.15) is 51.9 Å². The molecule has 1 aliphatic carbocycles. The normalized spacial score (nSPS) is 38.6. The Kier molecular flexibility index (Phi) is 4.28. The van der Waals surface area contributed by atoms with Crippen LogP contribution < -0.4 is 5.73 Å². The highest BCUT2D eigenvalue weighted by Gasteiger charge is 2.37. The molecule has 1 aliphatic heterocycles. The number of hydrogen-bond acceptors (Lipinski definition) is 3. The van der Waals surface area contributed by atoms with Gasteiger partial charge < -0.3 is 10.8 Å². The Morgan fingerprint density at radius 2 is 2.00 bits per heavy atom. The zero-order chi connectivity index (χ0) is 13.2. The van der Waals surface area contributed by atoms with Gasteiger partial charge in [0, 0.05) is 6.54 Å². The molecule has 0 bridgehead atoms. The van der Waals surface area contributed by atoms with E-state index in [2.05, 4.69) is 11.8 Å². The van der Waals surface area contributed by atoms with E-state index in [-0.39, 0.29) is 11.9 Å². The van der Waals surface area contributed by atoms with Gasteiger partial charge in [0.15, 0.2) is 0 Å². The van der Waals surface area contributed by atoms with E-state index in [9.17, 15) is 9.90 Å². The van der Waals surface area contributed by atoms with Gasteiger partial charge in [0.1, 0.15) is 0 Å². The third-order valence-electron chi connectivity index (χ3n) is 4.64. The lowest BCUT2D eigenvalue weighted by Gasteiger charge is -2.42. The zero-order valence-corrected chi connectivity index (χ0v) is 11.4. The Labute approximate surface area is 110 Å². The highest BCUT2D eigenvalue weighted by Crippen LogP contribution is 2.33. The number of rotatable bonds is 3. The first-order chi connectivity index (χ1) is 8.50. The molecule has 1 atom stereocenters. The van der Waals surface area contributed by atoms with Crippen LogP contribution in [-0.4, -0.2) is 40.6 Å². The van der Waals surface area contributed by atoms with Gasteiger partial charge in [-0.2, -0.15) is 0 Å². The summed E-state index contributed by atoms with van der Waals surface area (Å²) in [6.07, 6.45) is 6.92. The lowest BCUT2D eigenvalue weighted by molar-refractivity contribution is -0.127. The smallest absolute Gasteiger partial charge is 0.234 e. The number of nitrogens with two attached hydrogens (primary N) is 1. The molecular weight excluding hydrogens is 228 g/mol. The van der Waals surface area contributed by atoms with Crippen molar-refractivity contribution in [3.05, 3.63) is 0 Å². The second-order valence-corrected chi connectivity index (χ2v) is 6.29. The molecule has 1 heterocycles. The fourth-order valence-corrected chi connectivity index (χ4v) is 3.34. The maximum Gasteiger partial charge on any atom is 0.234 e. The van der Waals surface area contributed by atoms with Crippen LogP contribution in [0.2, 0.25) is 0 Å². The fraction of sp³-hybridized carbons (Fsp3) is 0.929. The average molecular weight is 254 g/mol. The van der Waals surface area contributed by atoms with Gasteiger partial charge in [-0.25, -0.2) is 0 Å². The molecule has 3 N–H and O–H groups in total. The summed E-state index contributed by atoms with van der Waals surface area (Å²) >= 11 is 0. The second-order valence-electron chi connectivity index (χ2n) is 6.29. The minimum Gasteiger partial charge on any atom is -0.389 e. The van der Waals surface area contributed by atoms with Gasteiger partial charge in [0.25, 0.3) is 0 Å². The number of primary amides is 1. The molecule has 1 saturated heterocycles. The van der Waals surface area contributed by atoms with Crippen molar-refractivity contribution in [3.63, 3.8) is 0 Å². The first kappa shape index (κ1) is 13.8. The van der Waals surface area contributed by atoms with Crippen LogP contribution in [0.15, 0.2) is 0 Å². The summed E-state index contributed by atoms with van der Waals surface area (Å²) < 4.78 is 0. The Morgan fingerprint density at radius 1 is 1.33 bits per heavy atom. The standard InChI is InChI=1S/C14H26N2O2/c1-11-5-7-14(18,8-6-11)10-16-9-3-2-4-12(16)13(15)17/h11-12,18H,2-10H2,1H3,(H2,15,17). The average Bonchev–Trinajstić information content (AvgIpc) is 2.34. The third-order valence-corrected chi connectivity index (χ3v) is 4.64. The number of likely N-dealkylation sites (tertiary alicyclic amines) is 1. The number of carbonyl (C=O) groups excluding carboxylic acids is 1. The largest absolute Gasteiger partial charge is 0.389 e. The van der Waals surface area contributed by atoms with Crippen LogP contribution in [0, 0.1) is 5.92 Å². The molecular formula is C14H26N2O2. The topological polar surface area (TPSA) is 66.6 Å². The van der Waals surface area contributed by atoms with Crippen LogP contribution in [0.4, 0.5) is 0 Å². The van der Waals surface area contributed by atoms with E-state index < -0.39 is 5.60 Å². The summed E-state index contributed by atoms with van der Waals surface area (Å²) in [4.78, 5) is 13.6. The zero-order valence-electron chi connectivity index (χ0n) is 11.4. The van der Waals surface area contributed by atoms with Gasteiger partial charge in [0.05, 0.1) is 11.6 Å². The molecule has 2 aliphatic rings. The van der Waals surface area contributed by atoms with Gasteiger partial charge in [0.2, 0.25) is 5.91 Å². The van der Waals surface area contributed by atoms with Gasteiger partial charge >= 0.3 is 0 Å². The minimum absolute atomic E-state index is 0.165. The Balaban J connectivity index is 1.96. The number of amides is 1. The van der Waals surface area contributed by atoms with Gasteiger partial charge in [-0.1, -0.05) is 13.3 Å². The van der Waals surface area contributed by atoms with E-state index in [0.717, 1.165) is 57.4 Å². The maximum absolute atomic E-state index is 11.5. The molecule has 1 amide bonds. The van der Waals surface area contributed by atoms with Crippen LogP contribution in [-0.2, 0) is 4.79 Å². The van der Waals surface area contributed by atoms with E-state index in [1.54, 1.807) is 0 Å². The van der Waals surface area contributed by atoms with Crippen LogP contribution in [0.3, 0.4) is 0 Å². The summed E-state index contributed by atoms with van der Waals surface area (Å²) in [5, 5.41) is 10.6. The lowest BCUT2D eigenvalue weighted by Crippen LogP contribution is -2.54. The summed E-state index contributed by atoms with van der Waals surface area (Å²) in [5.41, 5.74) is 4.87. The van der Waals surface area contributed by atoms with Crippen molar-refractivity contribution in [1.82, 2.24) is 4.90 Å². The number of piperidine rings is 1. The molecule has 0 radical (unpaired) electrons. The molecule has 2 rings (SSSR count). The van der Waals surface area contributed by atoms with E-state index in [1.807, 2.05) is 0 Å². The number of aliphatic hydroxyl groups is 1. The first-order valence-electron chi connectivity index (χ1n) is 7.26. The summed E-state index contributed by atoms with van der Waals surface area (Å²) in [5.74, 6) is 0.487. The maximum atomic E-state index is 11.5. The predicted octanol–water partition coefficient (Wildman–Crippen LogP) is 1.27. The van der Waals surface area contributed by atoms with Crippen molar-refractivity contribution in [2.75, 3.05) is 13.1 Å². The monoisotopic (exact) mass is 254 g/mol. The Hall–Kier alpha value is -0.610. The lowest BCUT2D eigenvalue weighted by atomic mass is 9.79. The fourth-order valence-electron chi connectivity index (χ4n) is 3.34. The summed E-state index contributed by atoms with van der Waals surface area (Å²) in [6.45, 7) is 3.76. The molecule has 0 aromatic carbocycles. The van der Waals surface area contributed by atoms with Crippen molar-refractivity contribution in [2.24, 2.45) is 11.7 Å². The summed E-state index contributed by atoms with van der Waals surface area (Å²) in [6, 6.07) is -0.165. The Morgan fingerprint density at radius 3 is 2.61 bits per heavy atom. The van der Waals surface area contributed by atoms with E-state index >= 15 is 0 Å². The molecule has 1 saturated carbocycles. The molecule has 0 aromatic heterocycles. The van der Waals surface area contributed by atoms with Crippen LogP contribution in [0.25, 0.3) is 0 Å². The van der Waals surface area contributed by atoms with Gasteiger partial charge in [-0.3, -0.25) is 9.69 Å². The first-order valence-corrected chi connectivity index (χ1v) is 7.26. The second kappa shape index (κ2) is 5.57. The number of β-amino-alcohol motifs (C(OH)–C–C–N with tert-alkyl or cyclic N) is 1. The van der Waals surface area contributed by atoms with E-state index in [1.165, 1.54) is 0 Å². The molecule has 18 heavy (non-hydrogen) atoms. The molecule has 4 heteroatoms. The van der Waals surface area contributed by atoms with Crippen molar-refractivity contribution in [1.29, 1.82) is 0 Å². The SMILES string of the molecule is CC1CCC(O)(CN2CCCCC2C(N)=O)CC1. The van der Waals surface area contributed by atoms with Crippen LogP contribution >= 0.6 is 0 Å². The molecule has 104 valence electrons. The quantitative estimate of drug-likeness (QED) is 0.797. The van der Waals surface area contributed by atoms with Crippen LogP contribution in [0.5, 0.6) is 0 Å². The number of nitrogens with zero attached hydrogens (tertiary/aromatic N) is 1. The predicted molar refractivity (Wildman–Crippen MR) is 71.0 cm³/mol. The number of carbonyl (C=O) groups is 1. The molecule has 2 fully saturated rings. The molecule has 0 spiro atoms. The molecule has 0 aromatic rings. The molecule has 4 nitrogen and oxygen atoms in total. The third kappa shape index (κ3) is 3.23. The number of hydrogen-bond donors (Lipinski definition) is 2. The highest BCUT2D eigenvalue weighted by molar-refractivity contribution is 5.79. The van der Waals surface area contributed by atoms with E-state index in [4.69, 9.17) is 5.73 Å². The highest BCUT2D eigenvalue weighted by atomic mass is 16.3. The summed E-state index contributed by atoms with van der Waals surface area (Å²) in [7, 11) is 0. The molecule has 1 unspecified atom stereocenters. The van der Waals surface area contributed by atoms with Gasteiger partial charge in [-0.15, -0.1) is 0 Å². The van der Waals surface area contributed by atoms with Crippen molar-refractivity contribution in [2.45, 2.75) is 63.5 Å². The minimum atomic E-state index is -0.600. The van der Waals surface area contributed by atoms with Crippen molar-refractivity contribution >= 4 is 5.91 Å².